The Morgan fingerprint density at radius 3 is 2.44 bits per heavy atom. The summed E-state index contributed by atoms with van der Waals surface area (Å²) in [6, 6.07) is 18.9. The molecule has 4 rings (SSSR count). The maximum Gasteiger partial charge on any atom is 0.412 e. The molecule has 1 aliphatic heterocycles. The van der Waals surface area contributed by atoms with Crippen molar-refractivity contribution < 1.29 is 33.3 Å². The van der Waals surface area contributed by atoms with Crippen molar-refractivity contribution in [2.75, 3.05) is 19.7 Å². The Bertz CT molecular complexity index is 1420. The molecule has 3 aromatic rings. The molecule has 1 saturated heterocycles. The Balaban J connectivity index is 1.42. The molecule has 10 heteroatoms. The molecule has 0 radical (unpaired) electrons. The van der Waals surface area contributed by atoms with Crippen molar-refractivity contribution in [3.8, 4) is 5.75 Å². The second kappa shape index (κ2) is 13.2. The van der Waals surface area contributed by atoms with E-state index in [0.29, 0.717) is 37.2 Å². The molecule has 0 aliphatic carbocycles. The topological polar surface area (TPSA) is 141 Å². The normalized spacial score (nSPS) is 16.1. The number of amides is 1. The Kier molecular flexibility index (Phi) is 9.44. The van der Waals surface area contributed by atoms with E-state index in [9.17, 15) is 14.4 Å². The van der Waals surface area contributed by atoms with Gasteiger partial charge in [0, 0.05) is 32.4 Å². The molecule has 1 aliphatic rings. The highest BCUT2D eigenvalue weighted by atomic mass is 16.7. The highest BCUT2D eigenvalue weighted by Gasteiger charge is 2.30. The van der Waals surface area contributed by atoms with Crippen molar-refractivity contribution >= 4 is 34.6 Å². The summed E-state index contributed by atoms with van der Waals surface area (Å²) in [5.74, 6) is -0.738. The monoisotopic (exact) mass is 561 g/mol. The maximum atomic E-state index is 13.0. The number of nitrogen functional groups attached to an aromatic ring is 1. The predicted octanol–water partition coefficient (Wildman–Crippen LogP) is 4.51. The van der Waals surface area contributed by atoms with Crippen molar-refractivity contribution in [1.82, 2.24) is 4.90 Å². The lowest BCUT2D eigenvalue weighted by Gasteiger charge is -2.20. The molecule has 216 valence electrons. The number of benzene rings is 3. The highest BCUT2D eigenvalue weighted by molar-refractivity contribution is 5.99. The van der Waals surface area contributed by atoms with Crippen molar-refractivity contribution in [3.05, 3.63) is 77.4 Å². The van der Waals surface area contributed by atoms with E-state index in [1.807, 2.05) is 60.7 Å². The number of carbonyl (C=O) groups is 3. The van der Waals surface area contributed by atoms with Gasteiger partial charge in [0.2, 0.25) is 6.29 Å². The zero-order valence-electron chi connectivity index (χ0n) is 23.4. The Morgan fingerprint density at radius 1 is 1.02 bits per heavy atom. The minimum atomic E-state index is -0.965. The van der Waals surface area contributed by atoms with Crippen LogP contribution >= 0.6 is 0 Å². The number of rotatable bonds is 10. The van der Waals surface area contributed by atoms with E-state index < -0.39 is 24.3 Å². The summed E-state index contributed by atoms with van der Waals surface area (Å²) in [6.07, 6.45) is -0.700. The summed E-state index contributed by atoms with van der Waals surface area (Å²) >= 11 is 0. The molecule has 0 aromatic heterocycles. The number of likely N-dealkylation sites (tertiary alicyclic amines) is 1. The molecule has 0 spiro atoms. The van der Waals surface area contributed by atoms with E-state index >= 15 is 0 Å². The molecule has 3 atom stereocenters. The first kappa shape index (κ1) is 29.4. The quantitative estimate of drug-likeness (QED) is 0.159. The van der Waals surface area contributed by atoms with Crippen molar-refractivity contribution in [1.29, 1.82) is 5.41 Å². The van der Waals surface area contributed by atoms with Crippen LogP contribution in [0.25, 0.3) is 10.8 Å². The number of fused-ring (bicyclic) bond motifs is 1. The Hall–Kier alpha value is -4.60. The summed E-state index contributed by atoms with van der Waals surface area (Å²) in [5.41, 5.74) is 8.06. The van der Waals surface area contributed by atoms with Crippen LogP contribution in [0.4, 0.5) is 4.79 Å². The third kappa shape index (κ3) is 7.75. The van der Waals surface area contributed by atoms with Gasteiger partial charge in [-0.05, 0) is 53.4 Å². The zero-order valence-corrected chi connectivity index (χ0v) is 23.4. The third-order valence-electron chi connectivity index (χ3n) is 6.81. The van der Waals surface area contributed by atoms with Crippen LogP contribution in [0.15, 0.2) is 60.7 Å². The second-order valence-corrected chi connectivity index (χ2v) is 9.92. The molecule has 1 unspecified atom stereocenters. The van der Waals surface area contributed by atoms with Gasteiger partial charge in [0.1, 0.15) is 17.7 Å². The molecule has 41 heavy (non-hydrogen) atoms. The fraction of sp³-hybridized carbons (Fsp3) is 0.355. The van der Waals surface area contributed by atoms with Gasteiger partial charge in [-0.3, -0.25) is 15.0 Å². The number of amidine groups is 1. The summed E-state index contributed by atoms with van der Waals surface area (Å²) < 4.78 is 21.5. The summed E-state index contributed by atoms with van der Waals surface area (Å²) in [5, 5.41) is 9.68. The van der Waals surface area contributed by atoms with Gasteiger partial charge in [0.25, 0.3) is 0 Å². The van der Waals surface area contributed by atoms with E-state index in [0.717, 1.165) is 21.9 Å². The lowest BCUT2D eigenvalue weighted by Crippen LogP contribution is -2.34. The van der Waals surface area contributed by atoms with E-state index in [2.05, 4.69) is 0 Å². The van der Waals surface area contributed by atoms with Crippen molar-refractivity contribution in [2.24, 2.45) is 5.73 Å². The zero-order chi connectivity index (χ0) is 29.5. The number of hydrogen-bond donors (Lipinski definition) is 2. The third-order valence-corrected chi connectivity index (χ3v) is 6.81. The minimum absolute atomic E-state index is 0.00289. The van der Waals surface area contributed by atoms with Gasteiger partial charge in [-0.15, -0.1) is 0 Å². The largest absolute Gasteiger partial charge is 0.489 e. The molecule has 0 bridgehead atoms. The van der Waals surface area contributed by atoms with Crippen LogP contribution in [0.1, 0.15) is 49.8 Å². The van der Waals surface area contributed by atoms with Crippen LogP contribution in [0.2, 0.25) is 0 Å². The van der Waals surface area contributed by atoms with Gasteiger partial charge in [-0.2, -0.15) is 0 Å². The molecular formula is C31H35N3O7. The van der Waals surface area contributed by atoms with Gasteiger partial charge < -0.3 is 29.6 Å². The first-order valence-corrected chi connectivity index (χ1v) is 13.6. The molecule has 1 heterocycles. The van der Waals surface area contributed by atoms with Crippen LogP contribution < -0.4 is 10.5 Å². The number of nitrogens with two attached hydrogens (primary N) is 1. The number of nitrogens with one attached hydrogen (secondary N) is 1. The molecule has 1 fully saturated rings. The summed E-state index contributed by atoms with van der Waals surface area (Å²) in [6.45, 7) is 5.59. The van der Waals surface area contributed by atoms with Crippen molar-refractivity contribution in [2.45, 2.75) is 51.9 Å². The van der Waals surface area contributed by atoms with Gasteiger partial charge in [0.15, 0.2) is 0 Å². The predicted molar refractivity (Wildman–Crippen MR) is 153 cm³/mol. The molecule has 1 amide bonds. The van der Waals surface area contributed by atoms with Crippen LogP contribution in [-0.4, -0.2) is 60.9 Å². The Labute approximate surface area is 238 Å². The average Bonchev–Trinajstić information content (AvgIpc) is 3.40. The fourth-order valence-corrected chi connectivity index (χ4v) is 4.84. The standard InChI is InChI=1S/C31H35N3O7/c1-4-38-30(36)28(16-21-5-6-22-7-8-24(29(32)33)17-25(22)15-21)23-9-11-26(12-10-23)41-27-13-14-34(18-27)31(37)40-20(3)39-19(2)35/h5-12,15,17,20,27-28H,4,13-14,16,18H2,1-3H3,(H3,32,33)/t20?,27-,28-/m0/s1. The molecule has 3 aromatic carbocycles. The number of ether oxygens (including phenoxy) is 4. The number of esters is 2. The maximum absolute atomic E-state index is 13.0. The number of nitrogens with zero attached hydrogens (tertiary/aromatic N) is 1. The first-order valence-electron chi connectivity index (χ1n) is 13.6. The summed E-state index contributed by atoms with van der Waals surface area (Å²) in [7, 11) is 0. The molecular weight excluding hydrogens is 526 g/mol. The first-order chi connectivity index (χ1) is 19.6. The smallest absolute Gasteiger partial charge is 0.412 e. The lowest BCUT2D eigenvalue weighted by molar-refractivity contribution is -0.163. The molecule has 0 saturated carbocycles. The van der Waals surface area contributed by atoms with Crippen molar-refractivity contribution in [3.63, 3.8) is 0 Å². The van der Waals surface area contributed by atoms with E-state index in [-0.39, 0.29) is 24.5 Å². The summed E-state index contributed by atoms with van der Waals surface area (Å²) in [4.78, 5) is 37.9. The van der Waals surface area contributed by atoms with Gasteiger partial charge in [-0.1, -0.05) is 42.5 Å². The van der Waals surface area contributed by atoms with E-state index in [1.165, 1.54) is 18.7 Å². The molecule has 3 N–H and O–H groups in total. The van der Waals surface area contributed by atoms with Crippen LogP contribution in [0, 0.1) is 5.41 Å². The van der Waals surface area contributed by atoms with Gasteiger partial charge in [0.05, 0.1) is 19.1 Å². The van der Waals surface area contributed by atoms with Crippen LogP contribution in [0.3, 0.4) is 0 Å². The minimum Gasteiger partial charge on any atom is -0.489 e. The highest BCUT2D eigenvalue weighted by Crippen LogP contribution is 2.28. The number of hydrogen-bond acceptors (Lipinski definition) is 8. The average molecular weight is 562 g/mol. The van der Waals surface area contributed by atoms with Gasteiger partial charge >= 0.3 is 18.0 Å². The Morgan fingerprint density at radius 2 is 1.76 bits per heavy atom. The molecule has 10 nitrogen and oxygen atoms in total. The van der Waals surface area contributed by atoms with E-state index in [1.54, 1.807) is 6.92 Å². The lowest BCUT2D eigenvalue weighted by atomic mass is 9.91. The fourth-order valence-electron chi connectivity index (χ4n) is 4.84. The van der Waals surface area contributed by atoms with E-state index in [4.69, 9.17) is 30.1 Å². The van der Waals surface area contributed by atoms with Crippen LogP contribution in [-0.2, 0) is 30.2 Å². The second-order valence-electron chi connectivity index (χ2n) is 9.92. The van der Waals surface area contributed by atoms with Gasteiger partial charge in [-0.25, -0.2) is 4.79 Å². The number of carbonyl (C=O) groups excluding carboxylic acids is 3. The van der Waals surface area contributed by atoms with Crippen LogP contribution in [0.5, 0.6) is 5.75 Å². The SMILES string of the molecule is CCOC(=O)[C@@H](Cc1ccc2ccc(C(=N)N)cc2c1)c1ccc(O[C@H]2CCN(C(=O)OC(C)OC(C)=O)C2)cc1.